The molecule has 1 aromatic carbocycles. The Kier molecular flexibility index (Phi) is 7.47. The number of nitrogens with two attached hydrogens (primary N) is 1. The molecule has 3 aromatic rings. The van der Waals surface area contributed by atoms with Gasteiger partial charge in [0.05, 0.1) is 12.2 Å². The van der Waals surface area contributed by atoms with E-state index in [4.69, 9.17) is 10.7 Å². The normalized spacial score (nSPS) is 15.5. The molecule has 1 amide bonds. The summed E-state index contributed by atoms with van der Waals surface area (Å²) >= 11 is 0. The molecule has 0 spiro atoms. The maximum atomic E-state index is 13.5. The predicted octanol–water partition coefficient (Wildman–Crippen LogP) is 3.22. The Morgan fingerprint density at radius 1 is 1.21 bits per heavy atom. The smallest absolute Gasteiger partial charge is 0.214 e. The molecule has 0 saturated carbocycles. The lowest BCUT2D eigenvalue weighted by molar-refractivity contribution is -0.107. The molecule has 33 heavy (non-hydrogen) atoms. The maximum Gasteiger partial charge on any atom is 0.214 e. The second-order valence-corrected chi connectivity index (χ2v) is 8.27. The number of benzene rings is 1. The molecule has 0 aliphatic carbocycles. The van der Waals surface area contributed by atoms with Gasteiger partial charge < -0.3 is 20.9 Å². The summed E-state index contributed by atoms with van der Waals surface area (Å²) in [5, 5.41) is 3.37. The maximum absolute atomic E-state index is 13.5. The van der Waals surface area contributed by atoms with Crippen LogP contribution in [0.3, 0.4) is 0 Å². The van der Waals surface area contributed by atoms with Crippen LogP contribution in [0.4, 0.5) is 21.7 Å². The third kappa shape index (κ3) is 5.84. The summed E-state index contributed by atoms with van der Waals surface area (Å²) in [6.45, 7) is 3.38. The average molecular weight is 449 g/mol. The molecule has 8 heteroatoms. The van der Waals surface area contributed by atoms with Gasteiger partial charge in [-0.1, -0.05) is 18.2 Å². The fourth-order valence-electron chi connectivity index (χ4n) is 4.10. The highest BCUT2D eigenvalue weighted by molar-refractivity contribution is 5.82. The highest BCUT2D eigenvalue weighted by atomic mass is 19.1. The first-order chi connectivity index (χ1) is 16.2. The van der Waals surface area contributed by atoms with Gasteiger partial charge in [-0.3, -0.25) is 9.78 Å². The largest absolute Gasteiger partial charge is 0.368 e. The summed E-state index contributed by atoms with van der Waals surface area (Å²) < 4.78 is 13.5. The number of anilines is 3. The van der Waals surface area contributed by atoms with Crippen molar-refractivity contribution >= 4 is 23.7 Å². The van der Waals surface area contributed by atoms with E-state index in [1.165, 1.54) is 12.1 Å². The van der Waals surface area contributed by atoms with E-state index >= 15 is 0 Å². The Morgan fingerprint density at radius 2 is 2.09 bits per heavy atom. The van der Waals surface area contributed by atoms with Crippen LogP contribution in [0.25, 0.3) is 0 Å². The molecule has 3 N–H and O–H groups in total. The number of hydrogen-bond acceptors (Lipinski definition) is 6. The molecule has 1 aliphatic heterocycles. The average Bonchev–Trinajstić information content (AvgIpc) is 3.33. The number of carbonyl (C=O) groups is 1. The van der Waals surface area contributed by atoms with Crippen molar-refractivity contribution in [3.05, 3.63) is 77.9 Å². The van der Waals surface area contributed by atoms with Gasteiger partial charge in [0.25, 0.3) is 0 Å². The van der Waals surface area contributed by atoms with E-state index < -0.39 is 0 Å². The van der Waals surface area contributed by atoms with Crippen LogP contribution in [0.1, 0.15) is 17.5 Å². The standard InChI is InChI=1S/C25H29FN6O/c26-22-5-1-3-19(13-22)8-11-29-25-23(32(18-33)17-21-4-2-10-28-15-21)6-7-24(30-25)31-12-9-20(14-27)16-31/h1-7,10,13,15,18,20H,8-9,11-12,14,16-17,27H2,(H,29,30)/t20-/m0/s1. The summed E-state index contributed by atoms with van der Waals surface area (Å²) in [7, 11) is 0. The number of nitrogens with zero attached hydrogens (tertiary/aromatic N) is 4. The lowest BCUT2D eigenvalue weighted by atomic mass is 10.1. The van der Waals surface area contributed by atoms with Crippen molar-refractivity contribution in [2.45, 2.75) is 19.4 Å². The molecule has 1 fully saturated rings. The molecule has 1 saturated heterocycles. The Morgan fingerprint density at radius 3 is 2.82 bits per heavy atom. The first kappa shape index (κ1) is 22.7. The monoisotopic (exact) mass is 448 g/mol. The van der Waals surface area contributed by atoms with E-state index in [9.17, 15) is 9.18 Å². The third-order valence-electron chi connectivity index (χ3n) is 5.91. The second kappa shape index (κ2) is 10.9. The van der Waals surface area contributed by atoms with Crippen molar-refractivity contribution in [3.63, 3.8) is 0 Å². The van der Waals surface area contributed by atoms with Crippen LogP contribution < -0.4 is 20.9 Å². The van der Waals surface area contributed by atoms with Crippen molar-refractivity contribution in [2.24, 2.45) is 11.7 Å². The molecule has 3 heterocycles. The Labute approximate surface area is 193 Å². The summed E-state index contributed by atoms with van der Waals surface area (Å²) in [6, 6.07) is 14.2. The molecule has 0 unspecified atom stereocenters. The quantitative estimate of drug-likeness (QED) is 0.463. The number of pyridine rings is 2. The molecular weight excluding hydrogens is 419 g/mol. The molecule has 7 nitrogen and oxygen atoms in total. The van der Waals surface area contributed by atoms with Crippen LogP contribution in [-0.2, 0) is 17.8 Å². The van der Waals surface area contributed by atoms with E-state index in [-0.39, 0.29) is 5.82 Å². The summed E-state index contributed by atoms with van der Waals surface area (Å²) in [6.07, 6.45) is 5.93. The number of halogens is 1. The highest BCUT2D eigenvalue weighted by Crippen LogP contribution is 2.30. The van der Waals surface area contributed by atoms with E-state index in [1.807, 2.05) is 30.3 Å². The minimum Gasteiger partial charge on any atom is -0.368 e. The van der Waals surface area contributed by atoms with Crippen molar-refractivity contribution in [1.29, 1.82) is 0 Å². The van der Waals surface area contributed by atoms with E-state index in [1.54, 1.807) is 23.4 Å². The minimum atomic E-state index is -0.250. The SMILES string of the molecule is NC[C@@H]1CCN(c2ccc(N(C=O)Cc3cccnc3)c(NCCc3cccc(F)c3)n2)C1. The first-order valence-electron chi connectivity index (χ1n) is 11.2. The predicted molar refractivity (Wildman–Crippen MR) is 129 cm³/mol. The van der Waals surface area contributed by atoms with Crippen LogP contribution >= 0.6 is 0 Å². The third-order valence-corrected chi connectivity index (χ3v) is 5.91. The van der Waals surface area contributed by atoms with Crippen molar-refractivity contribution < 1.29 is 9.18 Å². The zero-order valence-electron chi connectivity index (χ0n) is 18.5. The molecule has 4 rings (SSSR count). The number of nitrogens with one attached hydrogen (secondary N) is 1. The zero-order valence-corrected chi connectivity index (χ0v) is 18.5. The van der Waals surface area contributed by atoms with Gasteiger partial charge in [0.1, 0.15) is 11.6 Å². The van der Waals surface area contributed by atoms with Crippen LogP contribution in [0.15, 0.2) is 60.9 Å². The number of aromatic nitrogens is 2. The number of carbonyl (C=O) groups excluding carboxylic acids is 1. The Balaban J connectivity index is 1.56. The molecule has 0 radical (unpaired) electrons. The van der Waals surface area contributed by atoms with Crippen molar-refractivity contribution in [1.82, 2.24) is 9.97 Å². The fraction of sp³-hybridized carbons (Fsp3) is 0.320. The lowest BCUT2D eigenvalue weighted by Crippen LogP contribution is -2.26. The first-order valence-corrected chi connectivity index (χ1v) is 11.2. The van der Waals surface area contributed by atoms with E-state index in [0.29, 0.717) is 43.5 Å². The highest BCUT2D eigenvalue weighted by Gasteiger charge is 2.23. The minimum absolute atomic E-state index is 0.250. The van der Waals surface area contributed by atoms with Gasteiger partial charge >= 0.3 is 0 Å². The van der Waals surface area contributed by atoms with Gasteiger partial charge in [-0.05, 0) is 66.8 Å². The number of hydrogen-bond donors (Lipinski definition) is 2. The van der Waals surface area contributed by atoms with Gasteiger partial charge in [-0.2, -0.15) is 0 Å². The Bertz CT molecular complexity index is 1060. The van der Waals surface area contributed by atoms with Crippen LogP contribution in [0.2, 0.25) is 0 Å². The van der Waals surface area contributed by atoms with Crippen molar-refractivity contribution in [2.75, 3.05) is 41.3 Å². The second-order valence-electron chi connectivity index (χ2n) is 8.27. The van der Waals surface area contributed by atoms with Crippen LogP contribution in [0, 0.1) is 11.7 Å². The van der Waals surface area contributed by atoms with Gasteiger partial charge in [0.2, 0.25) is 6.41 Å². The van der Waals surface area contributed by atoms with Crippen LogP contribution in [0.5, 0.6) is 0 Å². The molecule has 172 valence electrons. The van der Waals surface area contributed by atoms with Crippen LogP contribution in [-0.4, -0.2) is 42.6 Å². The number of rotatable bonds is 10. The lowest BCUT2D eigenvalue weighted by Gasteiger charge is -2.24. The van der Waals surface area contributed by atoms with Gasteiger partial charge in [0.15, 0.2) is 5.82 Å². The molecule has 2 aromatic heterocycles. The molecular formula is C25H29FN6O. The van der Waals surface area contributed by atoms with Gasteiger partial charge in [-0.15, -0.1) is 0 Å². The van der Waals surface area contributed by atoms with Crippen molar-refractivity contribution in [3.8, 4) is 0 Å². The molecule has 1 aliphatic rings. The molecule has 0 bridgehead atoms. The summed E-state index contributed by atoms with van der Waals surface area (Å²) in [5.74, 6) is 1.69. The Hall–Kier alpha value is -3.52. The summed E-state index contributed by atoms with van der Waals surface area (Å²) in [5.41, 5.74) is 8.36. The zero-order chi connectivity index (χ0) is 23.0. The topological polar surface area (TPSA) is 87.4 Å². The van der Waals surface area contributed by atoms with Gasteiger partial charge in [0, 0.05) is 32.0 Å². The molecule has 1 atom stereocenters. The van der Waals surface area contributed by atoms with Gasteiger partial charge in [-0.25, -0.2) is 9.37 Å². The fourth-order valence-corrected chi connectivity index (χ4v) is 4.10. The van der Waals surface area contributed by atoms with E-state index in [2.05, 4.69) is 15.2 Å². The number of amides is 1. The van der Waals surface area contributed by atoms with E-state index in [0.717, 1.165) is 42.9 Å². The summed E-state index contributed by atoms with van der Waals surface area (Å²) in [4.78, 5) is 24.9.